The van der Waals surface area contributed by atoms with Crippen LogP contribution < -0.4 is 16.4 Å². The fourth-order valence-corrected chi connectivity index (χ4v) is 3.19. The Balaban J connectivity index is 2.27. The number of benzene rings is 1. The van der Waals surface area contributed by atoms with Crippen LogP contribution in [0.25, 0.3) is 10.9 Å². The summed E-state index contributed by atoms with van der Waals surface area (Å²) >= 11 is 4.02. The lowest BCUT2D eigenvalue weighted by Crippen LogP contribution is -2.56. The van der Waals surface area contributed by atoms with Crippen LogP contribution in [0.15, 0.2) is 30.5 Å². The van der Waals surface area contributed by atoms with Crippen molar-refractivity contribution in [3.05, 3.63) is 36.0 Å². The smallest absolute Gasteiger partial charge is 0.326 e. The van der Waals surface area contributed by atoms with Crippen LogP contribution in [-0.2, 0) is 20.8 Å². The molecule has 0 unspecified atom stereocenters. The van der Waals surface area contributed by atoms with Gasteiger partial charge in [0.2, 0.25) is 11.8 Å². The number of amides is 2. The molecule has 0 aliphatic rings. The van der Waals surface area contributed by atoms with E-state index in [9.17, 15) is 19.5 Å². The van der Waals surface area contributed by atoms with Crippen molar-refractivity contribution in [1.82, 2.24) is 15.6 Å². The Morgan fingerprint density at radius 3 is 2.52 bits per heavy atom. The number of nitrogens with two attached hydrogens (primary N) is 1. The van der Waals surface area contributed by atoms with E-state index in [0.717, 1.165) is 16.5 Å². The Morgan fingerprint density at radius 1 is 1.21 bits per heavy atom. The number of aromatic amines is 1. The molecule has 0 saturated carbocycles. The summed E-state index contributed by atoms with van der Waals surface area (Å²) in [7, 11) is 0. The SMILES string of the molecule is CC[C@H](C)[C@H](NC(=O)[C@H](Cc1c[nH]c2ccccc12)NC(=O)[C@@H](N)CS)C(=O)O. The molecule has 2 aromatic rings. The molecule has 2 rings (SSSR count). The summed E-state index contributed by atoms with van der Waals surface area (Å²) in [5, 5.41) is 15.6. The van der Waals surface area contributed by atoms with Crippen molar-refractivity contribution in [1.29, 1.82) is 0 Å². The van der Waals surface area contributed by atoms with Crippen molar-refractivity contribution in [2.75, 3.05) is 5.75 Å². The van der Waals surface area contributed by atoms with E-state index in [2.05, 4.69) is 28.2 Å². The Morgan fingerprint density at radius 2 is 1.90 bits per heavy atom. The molecule has 29 heavy (non-hydrogen) atoms. The summed E-state index contributed by atoms with van der Waals surface area (Å²) in [6.07, 6.45) is 2.55. The highest BCUT2D eigenvalue weighted by Gasteiger charge is 2.30. The number of rotatable bonds is 10. The van der Waals surface area contributed by atoms with E-state index in [1.165, 1.54) is 0 Å². The van der Waals surface area contributed by atoms with Gasteiger partial charge in [-0.2, -0.15) is 12.6 Å². The Labute approximate surface area is 175 Å². The zero-order valence-corrected chi connectivity index (χ0v) is 17.4. The average molecular weight is 421 g/mol. The first-order chi connectivity index (χ1) is 13.8. The summed E-state index contributed by atoms with van der Waals surface area (Å²) in [5.41, 5.74) is 7.46. The standard InChI is InChI=1S/C20H28N4O4S/c1-3-11(2)17(20(27)28)24-19(26)16(23-18(25)14(21)10-29)8-12-9-22-15-7-5-4-6-13(12)15/h4-7,9,11,14,16-17,22,29H,3,8,10,21H2,1-2H3,(H,23,25)(H,24,26)(H,27,28)/t11-,14-,16-,17-/m0/s1. The van der Waals surface area contributed by atoms with Crippen molar-refractivity contribution >= 4 is 41.3 Å². The van der Waals surface area contributed by atoms with Crippen molar-refractivity contribution in [2.45, 2.75) is 44.8 Å². The predicted octanol–water partition coefficient (Wildman–Crippen LogP) is 1.07. The molecule has 0 spiro atoms. The number of carboxylic acids is 1. The summed E-state index contributed by atoms with van der Waals surface area (Å²) in [6.45, 7) is 3.60. The van der Waals surface area contributed by atoms with Crippen LogP contribution in [0.2, 0.25) is 0 Å². The normalized spacial score (nSPS) is 15.3. The fourth-order valence-electron chi connectivity index (χ4n) is 3.03. The maximum atomic E-state index is 12.9. The third-order valence-electron chi connectivity index (χ3n) is 5.04. The maximum absolute atomic E-state index is 12.9. The second-order valence-electron chi connectivity index (χ2n) is 7.12. The van der Waals surface area contributed by atoms with Gasteiger partial charge in [-0.25, -0.2) is 4.79 Å². The number of carboxylic acid groups (broad SMARTS) is 1. The average Bonchev–Trinajstić information content (AvgIpc) is 3.12. The number of carbonyl (C=O) groups is 3. The molecule has 1 aromatic heterocycles. The summed E-state index contributed by atoms with van der Waals surface area (Å²) in [5.74, 6) is -2.34. The highest BCUT2D eigenvalue weighted by Crippen LogP contribution is 2.19. The molecule has 0 saturated heterocycles. The summed E-state index contributed by atoms with van der Waals surface area (Å²) < 4.78 is 0. The molecule has 1 heterocycles. The third-order valence-corrected chi connectivity index (χ3v) is 5.44. The van der Waals surface area contributed by atoms with Crippen LogP contribution in [0.3, 0.4) is 0 Å². The van der Waals surface area contributed by atoms with Gasteiger partial charge in [-0.3, -0.25) is 9.59 Å². The molecule has 0 bridgehead atoms. The number of H-pyrrole nitrogens is 1. The zero-order valence-electron chi connectivity index (χ0n) is 16.5. The second kappa shape index (κ2) is 10.3. The van der Waals surface area contributed by atoms with E-state index in [1.807, 2.05) is 31.2 Å². The largest absolute Gasteiger partial charge is 0.480 e. The number of carbonyl (C=O) groups excluding carboxylic acids is 2. The Bertz CT molecular complexity index is 869. The fraction of sp³-hybridized carbons (Fsp3) is 0.450. The van der Waals surface area contributed by atoms with Gasteiger partial charge in [-0.15, -0.1) is 0 Å². The van der Waals surface area contributed by atoms with Gasteiger partial charge in [-0.1, -0.05) is 38.5 Å². The van der Waals surface area contributed by atoms with E-state index >= 15 is 0 Å². The zero-order chi connectivity index (χ0) is 21.6. The molecule has 0 fully saturated rings. The van der Waals surface area contributed by atoms with Crippen LogP contribution in [-0.4, -0.2) is 51.8 Å². The highest BCUT2D eigenvalue weighted by molar-refractivity contribution is 7.80. The predicted molar refractivity (Wildman–Crippen MR) is 115 cm³/mol. The lowest BCUT2D eigenvalue weighted by molar-refractivity contribution is -0.143. The minimum atomic E-state index is -1.11. The molecular weight excluding hydrogens is 392 g/mol. The molecule has 1 aromatic carbocycles. The van der Waals surface area contributed by atoms with Crippen LogP contribution >= 0.6 is 12.6 Å². The quantitative estimate of drug-likeness (QED) is 0.319. The number of aromatic nitrogens is 1. The summed E-state index contributed by atoms with van der Waals surface area (Å²) in [6, 6.07) is 4.70. The molecule has 4 atom stereocenters. The van der Waals surface area contributed by atoms with Gasteiger partial charge in [0.1, 0.15) is 12.1 Å². The lowest BCUT2D eigenvalue weighted by Gasteiger charge is -2.25. The van der Waals surface area contributed by atoms with Crippen molar-refractivity contribution in [2.24, 2.45) is 11.7 Å². The third kappa shape index (κ3) is 5.74. The van der Waals surface area contributed by atoms with Gasteiger partial charge in [0.15, 0.2) is 0 Å². The minimum absolute atomic E-state index is 0.123. The lowest BCUT2D eigenvalue weighted by atomic mass is 9.98. The molecule has 6 N–H and O–H groups in total. The van der Waals surface area contributed by atoms with Crippen LogP contribution in [0, 0.1) is 5.92 Å². The first-order valence-corrected chi connectivity index (χ1v) is 10.2. The van der Waals surface area contributed by atoms with Crippen molar-refractivity contribution in [3.8, 4) is 0 Å². The van der Waals surface area contributed by atoms with Gasteiger partial charge in [0.25, 0.3) is 0 Å². The number of hydrogen-bond acceptors (Lipinski definition) is 5. The number of para-hydroxylation sites is 1. The van der Waals surface area contributed by atoms with Crippen LogP contribution in [0.5, 0.6) is 0 Å². The van der Waals surface area contributed by atoms with Crippen LogP contribution in [0.4, 0.5) is 0 Å². The topological polar surface area (TPSA) is 137 Å². The van der Waals surface area contributed by atoms with Crippen LogP contribution in [0.1, 0.15) is 25.8 Å². The van der Waals surface area contributed by atoms with E-state index in [-0.39, 0.29) is 18.1 Å². The minimum Gasteiger partial charge on any atom is -0.480 e. The van der Waals surface area contributed by atoms with E-state index < -0.39 is 35.9 Å². The first-order valence-electron chi connectivity index (χ1n) is 9.53. The van der Waals surface area contributed by atoms with Gasteiger partial charge in [0, 0.05) is 29.3 Å². The van der Waals surface area contributed by atoms with E-state index in [1.54, 1.807) is 13.1 Å². The number of thiol groups is 1. The Hall–Kier alpha value is -2.52. The maximum Gasteiger partial charge on any atom is 0.326 e. The second-order valence-corrected chi connectivity index (χ2v) is 7.49. The monoisotopic (exact) mass is 420 g/mol. The number of aliphatic carboxylic acids is 1. The number of fused-ring (bicyclic) bond motifs is 1. The molecule has 0 aliphatic heterocycles. The molecule has 0 aliphatic carbocycles. The molecular formula is C20H28N4O4S. The van der Waals surface area contributed by atoms with Crippen molar-refractivity contribution in [3.63, 3.8) is 0 Å². The van der Waals surface area contributed by atoms with Crippen molar-refractivity contribution < 1.29 is 19.5 Å². The highest BCUT2D eigenvalue weighted by atomic mass is 32.1. The molecule has 2 amide bonds. The van der Waals surface area contributed by atoms with Gasteiger partial charge >= 0.3 is 5.97 Å². The number of nitrogens with one attached hydrogen (secondary N) is 3. The van der Waals surface area contributed by atoms with E-state index in [4.69, 9.17) is 5.73 Å². The summed E-state index contributed by atoms with van der Waals surface area (Å²) in [4.78, 5) is 39.9. The molecule has 8 nitrogen and oxygen atoms in total. The number of hydrogen-bond donors (Lipinski definition) is 6. The van der Waals surface area contributed by atoms with Gasteiger partial charge in [0.05, 0.1) is 6.04 Å². The molecule has 9 heteroatoms. The molecule has 0 radical (unpaired) electrons. The first kappa shape index (κ1) is 22.8. The van der Waals surface area contributed by atoms with Gasteiger partial charge in [-0.05, 0) is 17.5 Å². The molecule has 158 valence electrons. The van der Waals surface area contributed by atoms with Gasteiger partial charge < -0.3 is 26.5 Å². The van der Waals surface area contributed by atoms with E-state index in [0.29, 0.717) is 6.42 Å². The Kier molecular flexibility index (Phi) is 8.10.